The number of ether oxygens (including phenoxy) is 1. The van der Waals surface area contributed by atoms with Gasteiger partial charge in [-0.1, -0.05) is 83.9 Å². The van der Waals surface area contributed by atoms with Gasteiger partial charge in [-0.3, -0.25) is 9.59 Å². The number of rotatable bonds is 10. The SMILES string of the molecule is CC(=O)N1C[C@H]2CC(c3ccc(CCCOc4cccc(Cl)c4Cl)cc3)=C(C(=O)N(C)CCc3ccccc3)[C@@H](C1)N2. The predicted molar refractivity (Wildman–Crippen MR) is 169 cm³/mol. The molecule has 2 heterocycles. The number of amides is 2. The van der Waals surface area contributed by atoms with Crippen LogP contribution in [0.25, 0.3) is 5.57 Å². The second kappa shape index (κ2) is 13.8. The number of carbonyl (C=O) groups excluding carboxylic acids is 2. The Bertz CT molecular complexity index is 1440. The van der Waals surface area contributed by atoms with Gasteiger partial charge in [0.15, 0.2) is 0 Å². The molecule has 8 heteroatoms. The zero-order chi connectivity index (χ0) is 29.6. The lowest BCUT2D eigenvalue weighted by molar-refractivity contribution is -0.132. The summed E-state index contributed by atoms with van der Waals surface area (Å²) in [5.41, 5.74) is 5.31. The van der Waals surface area contributed by atoms with Crippen molar-refractivity contribution in [2.75, 3.05) is 33.3 Å². The minimum atomic E-state index is -0.196. The molecule has 0 aromatic heterocycles. The monoisotopic (exact) mass is 605 g/mol. The normalized spacial score (nSPS) is 18.1. The summed E-state index contributed by atoms with van der Waals surface area (Å²) in [4.78, 5) is 29.9. The van der Waals surface area contributed by atoms with Crippen molar-refractivity contribution in [2.24, 2.45) is 0 Å². The lowest BCUT2D eigenvalue weighted by Crippen LogP contribution is -2.61. The topological polar surface area (TPSA) is 61.9 Å². The van der Waals surface area contributed by atoms with Gasteiger partial charge in [-0.25, -0.2) is 0 Å². The van der Waals surface area contributed by atoms with Crippen molar-refractivity contribution in [2.45, 2.75) is 44.7 Å². The Morgan fingerprint density at radius 3 is 2.43 bits per heavy atom. The molecule has 2 atom stereocenters. The second-order valence-corrected chi connectivity index (χ2v) is 11.9. The Morgan fingerprint density at radius 2 is 1.69 bits per heavy atom. The standard InChI is InChI=1S/C34H37Cl2N3O3/c1-23(40)39-21-27-20-28(32(30(22-39)37-27)34(41)38(2)18-17-24-8-4-3-5-9-24)26-15-13-25(14-16-26)10-7-19-42-31-12-6-11-29(35)33(31)36/h3-6,8-9,11-16,27,30,37H,7,10,17-22H2,1-2H3/t27-,30-/m1/s1. The smallest absolute Gasteiger partial charge is 0.251 e. The number of aryl methyl sites for hydroxylation is 1. The zero-order valence-corrected chi connectivity index (χ0v) is 25.6. The van der Waals surface area contributed by atoms with Gasteiger partial charge in [0, 0.05) is 45.2 Å². The van der Waals surface area contributed by atoms with E-state index in [-0.39, 0.29) is 23.9 Å². The molecule has 3 aromatic rings. The molecule has 0 unspecified atom stereocenters. The fourth-order valence-corrected chi connectivity index (χ4v) is 6.15. The number of fused-ring (bicyclic) bond motifs is 2. The average molecular weight is 607 g/mol. The van der Waals surface area contributed by atoms with Crippen LogP contribution in [0.1, 0.15) is 36.5 Å². The first-order valence-electron chi connectivity index (χ1n) is 14.5. The third-order valence-electron chi connectivity index (χ3n) is 8.09. The molecule has 0 radical (unpaired) electrons. The summed E-state index contributed by atoms with van der Waals surface area (Å²) in [7, 11) is 1.87. The molecule has 6 nitrogen and oxygen atoms in total. The van der Waals surface area contributed by atoms with Gasteiger partial charge in [0.25, 0.3) is 5.91 Å². The van der Waals surface area contributed by atoms with Crippen LogP contribution in [0.5, 0.6) is 5.75 Å². The number of halogens is 2. The maximum absolute atomic E-state index is 14.0. The number of hydrogen-bond donors (Lipinski definition) is 1. The molecule has 0 saturated carbocycles. The first-order valence-corrected chi connectivity index (χ1v) is 15.3. The van der Waals surface area contributed by atoms with E-state index in [4.69, 9.17) is 27.9 Å². The third kappa shape index (κ3) is 7.17. The van der Waals surface area contributed by atoms with Gasteiger partial charge < -0.3 is 19.9 Å². The lowest BCUT2D eigenvalue weighted by Gasteiger charge is -2.44. The van der Waals surface area contributed by atoms with Gasteiger partial charge in [-0.05, 0) is 60.1 Å². The number of benzene rings is 3. The number of carbonyl (C=O) groups is 2. The van der Waals surface area contributed by atoms with Crippen molar-refractivity contribution in [3.8, 4) is 5.75 Å². The molecular weight excluding hydrogens is 569 g/mol. The van der Waals surface area contributed by atoms with Crippen molar-refractivity contribution < 1.29 is 14.3 Å². The minimum absolute atomic E-state index is 0.0168. The quantitative estimate of drug-likeness (QED) is 0.286. The van der Waals surface area contributed by atoms with E-state index >= 15 is 0 Å². The highest BCUT2D eigenvalue weighted by Crippen LogP contribution is 2.35. The Morgan fingerprint density at radius 1 is 0.952 bits per heavy atom. The van der Waals surface area contributed by atoms with Crippen LogP contribution < -0.4 is 10.1 Å². The van der Waals surface area contributed by atoms with Crippen molar-refractivity contribution in [1.82, 2.24) is 15.1 Å². The number of likely N-dealkylation sites (N-methyl/N-ethyl adjacent to an activating group) is 1. The molecule has 5 rings (SSSR count). The summed E-state index contributed by atoms with van der Waals surface area (Å²) < 4.78 is 5.84. The predicted octanol–water partition coefficient (Wildman–Crippen LogP) is 6.05. The van der Waals surface area contributed by atoms with Gasteiger partial charge in [-0.15, -0.1) is 0 Å². The number of nitrogens with one attached hydrogen (secondary N) is 1. The molecule has 1 fully saturated rings. The zero-order valence-electron chi connectivity index (χ0n) is 24.1. The maximum Gasteiger partial charge on any atom is 0.251 e. The summed E-state index contributed by atoms with van der Waals surface area (Å²) in [6.45, 7) is 3.90. The first kappa shape index (κ1) is 30.1. The molecule has 1 N–H and O–H groups in total. The maximum atomic E-state index is 14.0. The van der Waals surface area contributed by atoms with Crippen molar-refractivity contribution in [3.63, 3.8) is 0 Å². The number of hydrogen-bond acceptors (Lipinski definition) is 4. The lowest BCUT2D eigenvalue weighted by atomic mass is 9.82. The van der Waals surface area contributed by atoms with Crippen molar-refractivity contribution >= 4 is 40.6 Å². The van der Waals surface area contributed by atoms with Gasteiger partial charge in [0.1, 0.15) is 10.8 Å². The third-order valence-corrected chi connectivity index (χ3v) is 8.89. The summed E-state index contributed by atoms with van der Waals surface area (Å²) >= 11 is 12.3. The molecule has 0 spiro atoms. The van der Waals surface area contributed by atoms with E-state index in [0.29, 0.717) is 48.5 Å². The molecule has 2 bridgehead atoms. The summed E-state index contributed by atoms with van der Waals surface area (Å²) in [5.74, 6) is 0.658. The summed E-state index contributed by atoms with van der Waals surface area (Å²) in [6.07, 6.45) is 3.16. The molecule has 42 heavy (non-hydrogen) atoms. The Kier molecular flexibility index (Phi) is 9.88. The summed E-state index contributed by atoms with van der Waals surface area (Å²) in [6, 6.07) is 24.0. The molecule has 0 aliphatic carbocycles. The molecule has 2 amide bonds. The largest absolute Gasteiger partial charge is 0.492 e. The van der Waals surface area contributed by atoms with Crippen LogP contribution in [-0.4, -0.2) is 67.0 Å². The first-order chi connectivity index (χ1) is 20.3. The number of piperazine rings is 1. The van der Waals surface area contributed by atoms with Crippen LogP contribution in [-0.2, 0) is 22.4 Å². The fraction of sp³-hybridized carbons (Fsp3) is 0.353. The summed E-state index contributed by atoms with van der Waals surface area (Å²) in [5, 5.41) is 4.55. The van der Waals surface area contributed by atoms with Crippen LogP contribution in [0.3, 0.4) is 0 Å². The second-order valence-electron chi connectivity index (χ2n) is 11.1. The van der Waals surface area contributed by atoms with Crippen LogP contribution in [0.15, 0.2) is 78.4 Å². The van der Waals surface area contributed by atoms with Gasteiger partial charge in [-0.2, -0.15) is 0 Å². The average Bonchev–Trinajstić information content (AvgIpc) is 3.00. The Hall–Kier alpha value is -3.32. The van der Waals surface area contributed by atoms with E-state index in [2.05, 4.69) is 41.7 Å². The van der Waals surface area contributed by atoms with E-state index in [9.17, 15) is 9.59 Å². The Labute approximate surface area is 258 Å². The molecule has 220 valence electrons. The Balaban J connectivity index is 1.30. The number of nitrogens with zero attached hydrogens (tertiary/aromatic N) is 2. The highest BCUT2D eigenvalue weighted by Gasteiger charge is 2.39. The van der Waals surface area contributed by atoms with Crippen LogP contribution >= 0.6 is 23.2 Å². The molecule has 1 saturated heterocycles. The fourth-order valence-electron chi connectivity index (χ4n) is 5.80. The van der Waals surface area contributed by atoms with E-state index < -0.39 is 0 Å². The van der Waals surface area contributed by atoms with Gasteiger partial charge in [0.2, 0.25) is 5.91 Å². The molecule has 2 aliphatic heterocycles. The van der Waals surface area contributed by atoms with Crippen LogP contribution in [0.4, 0.5) is 0 Å². The molecule has 3 aromatic carbocycles. The highest BCUT2D eigenvalue weighted by molar-refractivity contribution is 6.42. The highest BCUT2D eigenvalue weighted by atomic mass is 35.5. The van der Waals surface area contributed by atoms with E-state index in [1.165, 1.54) is 11.1 Å². The van der Waals surface area contributed by atoms with E-state index in [1.54, 1.807) is 13.0 Å². The van der Waals surface area contributed by atoms with Gasteiger partial charge >= 0.3 is 0 Å². The van der Waals surface area contributed by atoms with Crippen LogP contribution in [0.2, 0.25) is 10.0 Å². The van der Waals surface area contributed by atoms with Crippen molar-refractivity contribution in [1.29, 1.82) is 0 Å². The molecule has 2 aliphatic rings. The van der Waals surface area contributed by atoms with Crippen LogP contribution in [0, 0.1) is 0 Å². The van der Waals surface area contributed by atoms with Gasteiger partial charge in [0.05, 0.1) is 17.7 Å². The van der Waals surface area contributed by atoms with Crippen molar-refractivity contribution in [3.05, 3.63) is 105 Å². The molecular formula is C34H37Cl2N3O3. The van der Waals surface area contributed by atoms with E-state index in [1.807, 2.05) is 47.2 Å². The van der Waals surface area contributed by atoms with E-state index in [0.717, 1.165) is 36.0 Å². The minimum Gasteiger partial charge on any atom is -0.492 e.